The van der Waals surface area contributed by atoms with Crippen molar-refractivity contribution in [1.29, 1.82) is 0 Å². The molecule has 2 aromatic carbocycles. The van der Waals surface area contributed by atoms with Crippen molar-refractivity contribution in [3.05, 3.63) is 70.9 Å². The smallest absolute Gasteiger partial charge is 0.256 e. The molecule has 0 spiro atoms. The third-order valence-corrected chi connectivity index (χ3v) is 4.43. The molecule has 1 amide bonds. The van der Waals surface area contributed by atoms with Crippen molar-refractivity contribution in [1.82, 2.24) is 4.98 Å². The maximum Gasteiger partial charge on any atom is 0.256 e. The fourth-order valence-electron chi connectivity index (χ4n) is 3.35. The fourth-order valence-corrected chi connectivity index (χ4v) is 3.35. The van der Waals surface area contributed by atoms with Crippen molar-refractivity contribution in [2.45, 2.75) is 19.3 Å². The number of nitrogens with one attached hydrogen (secondary N) is 1. The molecular weight excluding hydrogens is 296 g/mol. The highest BCUT2D eigenvalue weighted by atomic mass is 16.1. The van der Waals surface area contributed by atoms with E-state index in [4.69, 9.17) is 11.4 Å². The Labute approximate surface area is 140 Å². The van der Waals surface area contributed by atoms with Crippen molar-refractivity contribution in [3.63, 3.8) is 0 Å². The first-order valence-electron chi connectivity index (χ1n) is 8.05. The summed E-state index contributed by atoms with van der Waals surface area (Å²) in [7, 11) is 0. The Morgan fingerprint density at radius 2 is 2.00 bits per heavy atom. The molecule has 116 valence electrons. The summed E-state index contributed by atoms with van der Waals surface area (Å²) in [6, 6.07) is 15.2. The number of nitrogens with zero attached hydrogens (tertiary/aromatic N) is 1. The Kier molecular flexibility index (Phi) is 3.51. The summed E-state index contributed by atoms with van der Waals surface area (Å²) in [4.78, 5) is 17.7. The number of terminal acetylenes is 1. The molecular formula is C21H16N2O. The van der Waals surface area contributed by atoms with Crippen LogP contribution < -0.4 is 5.32 Å². The van der Waals surface area contributed by atoms with Gasteiger partial charge < -0.3 is 5.32 Å². The van der Waals surface area contributed by atoms with E-state index in [9.17, 15) is 4.79 Å². The van der Waals surface area contributed by atoms with Crippen LogP contribution in [0.5, 0.6) is 0 Å². The number of anilines is 1. The summed E-state index contributed by atoms with van der Waals surface area (Å²) < 4.78 is 0. The number of para-hydroxylation sites is 1. The zero-order valence-corrected chi connectivity index (χ0v) is 13.2. The van der Waals surface area contributed by atoms with E-state index in [-0.39, 0.29) is 5.91 Å². The van der Waals surface area contributed by atoms with Gasteiger partial charge >= 0.3 is 0 Å². The minimum absolute atomic E-state index is 0.0964. The monoisotopic (exact) mass is 312 g/mol. The molecule has 0 fully saturated rings. The highest BCUT2D eigenvalue weighted by Crippen LogP contribution is 2.30. The van der Waals surface area contributed by atoms with Gasteiger partial charge in [0, 0.05) is 22.3 Å². The molecule has 0 saturated heterocycles. The number of carbonyl (C=O) groups excluding carboxylic acids is 1. The van der Waals surface area contributed by atoms with Gasteiger partial charge in [-0.05, 0) is 49.1 Å². The molecule has 24 heavy (non-hydrogen) atoms. The second-order valence-electron chi connectivity index (χ2n) is 5.96. The number of aryl methyl sites for hydroxylation is 1. The summed E-state index contributed by atoms with van der Waals surface area (Å²) in [6.07, 6.45) is 8.33. The maximum absolute atomic E-state index is 13.0. The number of hydrogen-bond acceptors (Lipinski definition) is 2. The predicted octanol–water partition coefficient (Wildman–Crippen LogP) is 3.96. The van der Waals surface area contributed by atoms with Gasteiger partial charge in [-0.25, -0.2) is 0 Å². The molecule has 0 unspecified atom stereocenters. The van der Waals surface area contributed by atoms with Crippen LogP contribution in [0.3, 0.4) is 0 Å². The molecule has 1 N–H and O–H groups in total. The quantitative estimate of drug-likeness (QED) is 0.728. The van der Waals surface area contributed by atoms with Crippen LogP contribution in [0.2, 0.25) is 0 Å². The second-order valence-corrected chi connectivity index (χ2v) is 5.96. The van der Waals surface area contributed by atoms with E-state index in [1.807, 2.05) is 48.5 Å². The Bertz CT molecular complexity index is 998. The Morgan fingerprint density at radius 3 is 2.88 bits per heavy atom. The van der Waals surface area contributed by atoms with Crippen LogP contribution in [0.15, 0.2) is 48.5 Å². The first-order valence-corrected chi connectivity index (χ1v) is 8.05. The largest absolute Gasteiger partial charge is 0.322 e. The van der Waals surface area contributed by atoms with Gasteiger partial charge in [-0.1, -0.05) is 30.2 Å². The van der Waals surface area contributed by atoms with Crippen molar-refractivity contribution >= 4 is 22.5 Å². The molecule has 0 bridgehead atoms. The van der Waals surface area contributed by atoms with Crippen LogP contribution in [0.25, 0.3) is 10.9 Å². The molecule has 4 rings (SSSR count). The normalized spacial score (nSPS) is 12.6. The number of fused-ring (bicyclic) bond motifs is 2. The highest BCUT2D eigenvalue weighted by Gasteiger charge is 2.23. The average Bonchev–Trinajstić information content (AvgIpc) is 3.07. The van der Waals surface area contributed by atoms with Crippen molar-refractivity contribution in [2.24, 2.45) is 0 Å². The lowest BCUT2D eigenvalue weighted by molar-refractivity contribution is 0.102. The lowest BCUT2D eigenvalue weighted by atomic mass is 10.0. The van der Waals surface area contributed by atoms with E-state index in [1.54, 1.807) is 0 Å². The number of benzene rings is 2. The van der Waals surface area contributed by atoms with E-state index < -0.39 is 0 Å². The fraction of sp³-hybridized carbons (Fsp3) is 0.143. The van der Waals surface area contributed by atoms with Crippen LogP contribution in [-0.4, -0.2) is 10.9 Å². The van der Waals surface area contributed by atoms with E-state index in [1.165, 1.54) is 0 Å². The van der Waals surface area contributed by atoms with Crippen molar-refractivity contribution < 1.29 is 4.79 Å². The number of rotatable bonds is 2. The van der Waals surface area contributed by atoms with Gasteiger partial charge in [0.15, 0.2) is 0 Å². The third kappa shape index (κ3) is 2.43. The molecule has 3 aromatic rings. The van der Waals surface area contributed by atoms with Crippen LogP contribution in [0, 0.1) is 12.3 Å². The Hall–Kier alpha value is -3.12. The zero-order valence-electron chi connectivity index (χ0n) is 13.2. The van der Waals surface area contributed by atoms with E-state index in [0.29, 0.717) is 5.69 Å². The number of hydrogen-bond donors (Lipinski definition) is 1. The van der Waals surface area contributed by atoms with Gasteiger partial charge in [0.05, 0.1) is 11.1 Å². The number of aromatic nitrogens is 1. The van der Waals surface area contributed by atoms with Gasteiger partial charge in [-0.15, -0.1) is 6.42 Å². The Balaban J connectivity index is 1.81. The molecule has 1 aromatic heterocycles. The number of amides is 1. The molecule has 0 atom stereocenters. The summed E-state index contributed by atoms with van der Waals surface area (Å²) in [5.41, 5.74) is 5.22. The summed E-state index contributed by atoms with van der Waals surface area (Å²) in [6.45, 7) is 0. The number of carbonyl (C=O) groups is 1. The third-order valence-electron chi connectivity index (χ3n) is 4.43. The first-order chi connectivity index (χ1) is 11.8. The molecule has 0 aliphatic heterocycles. The second kappa shape index (κ2) is 5.82. The van der Waals surface area contributed by atoms with Crippen LogP contribution in [-0.2, 0) is 12.8 Å². The maximum atomic E-state index is 13.0. The van der Waals surface area contributed by atoms with Crippen LogP contribution in [0.1, 0.15) is 33.6 Å². The van der Waals surface area contributed by atoms with Crippen LogP contribution in [0.4, 0.5) is 5.69 Å². The Morgan fingerprint density at radius 1 is 1.12 bits per heavy atom. The molecule has 3 heteroatoms. The molecule has 1 heterocycles. The summed E-state index contributed by atoms with van der Waals surface area (Å²) >= 11 is 0. The van der Waals surface area contributed by atoms with Crippen molar-refractivity contribution in [2.75, 3.05) is 5.32 Å². The van der Waals surface area contributed by atoms with Gasteiger partial charge in [0.2, 0.25) is 0 Å². The van der Waals surface area contributed by atoms with E-state index >= 15 is 0 Å². The van der Waals surface area contributed by atoms with E-state index in [2.05, 4.69) is 11.2 Å². The van der Waals surface area contributed by atoms with E-state index in [0.717, 1.165) is 52.5 Å². The highest BCUT2D eigenvalue weighted by molar-refractivity contribution is 6.13. The van der Waals surface area contributed by atoms with Crippen LogP contribution >= 0.6 is 0 Å². The molecule has 0 radical (unpaired) electrons. The van der Waals surface area contributed by atoms with Gasteiger partial charge in [0.25, 0.3) is 5.91 Å². The summed E-state index contributed by atoms with van der Waals surface area (Å²) in [5.74, 6) is 2.49. The number of pyridine rings is 1. The molecule has 3 nitrogen and oxygen atoms in total. The molecule has 0 saturated carbocycles. The average molecular weight is 312 g/mol. The lowest BCUT2D eigenvalue weighted by Gasteiger charge is -2.13. The predicted molar refractivity (Wildman–Crippen MR) is 96.1 cm³/mol. The van der Waals surface area contributed by atoms with Gasteiger partial charge in [-0.2, -0.15) is 0 Å². The minimum atomic E-state index is -0.0964. The first kappa shape index (κ1) is 14.5. The molecule has 1 aliphatic carbocycles. The minimum Gasteiger partial charge on any atom is -0.322 e. The van der Waals surface area contributed by atoms with Gasteiger partial charge in [-0.3, -0.25) is 9.78 Å². The SMILES string of the molecule is C#Cc1cccc(NC(=O)c2c3c(nc4ccccc24)CCC3)c1. The summed E-state index contributed by atoms with van der Waals surface area (Å²) in [5, 5.41) is 3.90. The zero-order chi connectivity index (χ0) is 16.5. The van der Waals surface area contributed by atoms with Gasteiger partial charge in [0.1, 0.15) is 0 Å². The topological polar surface area (TPSA) is 42.0 Å². The standard InChI is InChI=1S/C21H16N2O/c1-2-14-7-5-8-15(13-14)22-21(24)20-16-9-3-4-11-18(16)23-19-12-6-10-17(19)20/h1,3-5,7-9,11,13H,6,10,12H2,(H,22,24). The van der Waals surface area contributed by atoms with Crippen molar-refractivity contribution in [3.8, 4) is 12.3 Å². The lowest BCUT2D eigenvalue weighted by Crippen LogP contribution is -2.15. The molecule has 1 aliphatic rings.